The summed E-state index contributed by atoms with van der Waals surface area (Å²) in [4.78, 5) is 10.8. The first-order chi connectivity index (χ1) is 6.61. The molecule has 2 aromatic rings. The molecule has 2 rings (SSSR count). The monoisotopic (exact) mass is 274 g/mol. The van der Waals surface area contributed by atoms with Gasteiger partial charge < -0.3 is 5.11 Å². The third kappa shape index (κ3) is 1.33. The molecular formula is C9H4BrFO2S. The van der Waals surface area contributed by atoms with Crippen LogP contribution in [0.4, 0.5) is 4.39 Å². The molecule has 2 nitrogen and oxygen atoms in total. The van der Waals surface area contributed by atoms with E-state index in [1.54, 1.807) is 6.07 Å². The number of carbonyl (C=O) groups is 1. The van der Waals surface area contributed by atoms with Gasteiger partial charge in [0.1, 0.15) is 5.82 Å². The highest BCUT2D eigenvalue weighted by atomic mass is 79.9. The molecule has 1 aromatic carbocycles. The fourth-order valence-electron chi connectivity index (χ4n) is 1.24. The molecule has 1 heterocycles. The van der Waals surface area contributed by atoms with Crippen LogP contribution in [-0.4, -0.2) is 11.1 Å². The minimum atomic E-state index is -1.04. The molecule has 1 aromatic heterocycles. The van der Waals surface area contributed by atoms with Gasteiger partial charge in [-0.1, -0.05) is 15.9 Å². The fraction of sp³-hybridized carbons (Fsp3) is 0. The molecule has 5 heteroatoms. The zero-order valence-corrected chi connectivity index (χ0v) is 9.15. The predicted octanol–water partition coefficient (Wildman–Crippen LogP) is 3.50. The highest BCUT2D eigenvalue weighted by Gasteiger charge is 2.15. The Morgan fingerprint density at radius 2 is 2.21 bits per heavy atom. The van der Waals surface area contributed by atoms with Crippen LogP contribution >= 0.6 is 27.3 Å². The number of aromatic carboxylic acids is 1. The number of hydrogen-bond acceptors (Lipinski definition) is 2. The van der Waals surface area contributed by atoms with Gasteiger partial charge in [0.2, 0.25) is 0 Å². The molecule has 0 atom stereocenters. The number of rotatable bonds is 1. The molecule has 0 aliphatic heterocycles. The molecule has 0 amide bonds. The Kier molecular flexibility index (Phi) is 2.28. The quantitative estimate of drug-likeness (QED) is 0.864. The zero-order valence-electron chi connectivity index (χ0n) is 6.75. The zero-order chi connectivity index (χ0) is 10.3. The molecule has 72 valence electrons. The van der Waals surface area contributed by atoms with E-state index < -0.39 is 5.97 Å². The van der Waals surface area contributed by atoms with Crippen LogP contribution in [0.2, 0.25) is 0 Å². The SMILES string of the molecule is O=C(O)c1ccc(Br)c2c(F)csc12. The van der Waals surface area contributed by atoms with E-state index in [1.165, 1.54) is 11.4 Å². The van der Waals surface area contributed by atoms with Gasteiger partial charge in [0.05, 0.1) is 10.3 Å². The van der Waals surface area contributed by atoms with Gasteiger partial charge in [0.15, 0.2) is 0 Å². The number of hydrogen-bond donors (Lipinski definition) is 1. The molecule has 14 heavy (non-hydrogen) atoms. The summed E-state index contributed by atoms with van der Waals surface area (Å²) in [6.07, 6.45) is 0. The molecule has 0 unspecified atom stereocenters. The lowest BCUT2D eigenvalue weighted by Gasteiger charge is -1.98. The minimum absolute atomic E-state index is 0.136. The number of carboxylic acids is 1. The van der Waals surface area contributed by atoms with Crippen molar-refractivity contribution in [2.24, 2.45) is 0 Å². The first-order valence-electron chi connectivity index (χ1n) is 3.69. The van der Waals surface area contributed by atoms with Crippen LogP contribution in [0, 0.1) is 5.82 Å². The van der Waals surface area contributed by atoms with Gasteiger partial charge in [-0.25, -0.2) is 9.18 Å². The van der Waals surface area contributed by atoms with E-state index in [2.05, 4.69) is 15.9 Å². The fourth-order valence-corrected chi connectivity index (χ4v) is 2.84. The number of carboxylic acid groups (broad SMARTS) is 1. The second-order valence-electron chi connectivity index (χ2n) is 2.69. The Hall–Kier alpha value is -0.940. The van der Waals surface area contributed by atoms with E-state index in [4.69, 9.17) is 5.11 Å². The van der Waals surface area contributed by atoms with Crippen molar-refractivity contribution in [3.63, 3.8) is 0 Å². The van der Waals surface area contributed by atoms with Gasteiger partial charge in [-0.05, 0) is 12.1 Å². The van der Waals surface area contributed by atoms with E-state index in [9.17, 15) is 9.18 Å². The Morgan fingerprint density at radius 3 is 2.86 bits per heavy atom. The van der Waals surface area contributed by atoms with Crippen molar-refractivity contribution >= 4 is 43.3 Å². The van der Waals surface area contributed by atoms with Crippen LogP contribution in [0.5, 0.6) is 0 Å². The largest absolute Gasteiger partial charge is 0.478 e. The summed E-state index contributed by atoms with van der Waals surface area (Å²) in [5.74, 6) is -1.43. The van der Waals surface area contributed by atoms with Crippen molar-refractivity contribution in [3.8, 4) is 0 Å². The normalized spacial score (nSPS) is 10.7. The Labute approximate surface area is 91.1 Å². The van der Waals surface area contributed by atoms with Crippen LogP contribution in [0.1, 0.15) is 10.4 Å². The molecule has 0 fully saturated rings. The minimum Gasteiger partial charge on any atom is -0.478 e. The first-order valence-corrected chi connectivity index (χ1v) is 5.37. The summed E-state index contributed by atoms with van der Waals surface area (Å²) >= 11 is 4.28. The predicted molar refractivity (Wildman–Crippen MR) is 56.4 cm³/mol. The van der Waals surface area contributed by atoms with Gasteiger partial charge in [-0.15, -0.1) is 11.3 Å². The van der Waals surface area contributed by atoms with Crippen LogP contribution in [0.3, 0.4) is 0 Å². The van der Waals surface area contributed by atoms with E-state index >= 15 is 0 Å². The van der Waals surface area contributed by atoms with Crippen molar-refractivity contribution in [3.05, 3.63) is 33.4 Å². The lowest BCUT2D eigenvalue weighted by atomic mass is 10.1. The third-order valence-corrected chi connectivity index (χ3v) is 3.50. The molecule has 0 bridgehead atoms. The van der Waals surface area contributed by atoms with Gasteiger partial charge in [-0.3, -0.25) is 0 Å². The van der Waals surface area contributed by atoms with Crippen LogP contribution in [-0.2, 0) is 0 Å². The molecule has 0 saturated heterocycles. The number of benzene rings is 1. The highest BCUT2D eigenvalue weighted by molar-refractivity contribution is 9.10. The average molecular weight is 275 g/mol. The first kappa shape index (κ1) is 9.61. The molecule has 0 saturated carbocycles. The number of fused-ring (bicyclic) bond motifs is 1. The molecule has 0 radical (unpaired) electrons. The summed E-state index contributed by atoms with van der Waals surface area (Å²) in [6, 6.07) is 3.01. The van der Waals surface area contributed by atoms with E-state index in [0.717, 1.165) is 11.3 Å². The standard InChI is InChI=1S/C9H4BrFO2S/c10-5-2-1-4(9(12)13)8-7(5)6(11)3-14-8/h1-3H,(H,12,13). The maximum absolute atomic E-state index is 13.2. The highest BCUT2D eigenvalue weighted by Crippen LogP contribution is 2.33. The number of thiophene rings is 1. The van der Waals surface area contributed by atoms with Gasteiger partial charge in [-0.2, -0.15) is 0 Å². The molecular weight excluding hydrogens is 271 g/mol. The summed E-state index contributed by atoms with van der Waals surface area (Å²) in [6.45, 7) is 0. The summed E-state index contributed by atoms with van der Waals surface area (Å²) in [5, 5.41) is 10.5. The van der Waals surface area contributed by atoms with Crippen molar-refractivity contribution in [1.29, 1.82) is 0 Å². The van der Waals surface area contributed by atoms with Gasteiger partial charge in [0, 0.05) is 15.2 Å². The van der Waals surface area contributed by atoms with Crippen LogP contribution in [0.25, 0.3) is 10.1 Å². The molecule has 0 aliphatic rings. The molecule has 0 aliphatic carbocycles. The second-order valence-corrected chi connectivity index (χ2v) is 4.42. The van der Waals surface area contributed by atoms with Gasteiger partial charge in [0.25, 0.3) is 0 Å². The lowest BCUT2D eigenvalue weighted by molar-refractivity contribution is 0.0699. The average Bonchev–Trinajstić information content (AvgIpc) is 2.49. The molecule has 0 spiro atoms. The smallest absolute Gasteiger partial charge is 0.337 e. The van der Waals surface area contributed by atoms with Crippen molar-refractivity contribution in [1.82, 2.24) is 0 Å². The Morgan fingerprint density at radius 1 is 1.50 bits per heavy atom. The topological polar surface area (TPSA) is 37.3 Å². The Balaban J connectivity index is 2.90. The molecule has 1 N–H and O–H groups in total. The van der Waals surface area contributed by atoms with Crippen LogP contribution < -0.4 is 0 Å². The maximum atomic E-state index is 13.2. The third-order valence-electron chi connectivity index (χ3n) is 1.86. The van der Waals surface area contributed by atoms with Crippen molar-refractivity contribution in [2.75, 3.05) is 0 Å². The van der Waals surface area contributed by atoms with Crippen molar-refractivity contribution < 1.29 is 14.3 Å². The second kappa shape index (κ2) is 3.33. The van der Waals surface area contributed by atoms with Crippen LogP contribution in [0.15, 0.2) is 22.0 Å². The summed E-state index contributed by atoms with van der Waals surface area (Å²) in [5.41, 5.74) is 0.136. The maximum Gasteiger partial charge on any atom is 0.337 e. The van der Waals surface area contributed by atoms with E-state index in [1.807, 2.05) is 0 Å². The van der Waals surface area contributed by atoms with E-state index in [0.29, 0.717) is 14.6 Å². The Bertz CT molecular complexity index is 521. The summed E-state index contributed by atoms with van der Waals surface area (Å²) in [7, 11) is 0. The number of halogens is 2. The van der Waals surface area contributed by atoms with Crippen molar-refractivity contribution in [2.45, 2.75) is 0 Å². The lowest BCUT2D eigenvalue weighted by Crippen LogP contribution is -1.95. The van der Waals surface area contributed by atoms with Gasteiger partial charge >= 0.3 is 5.97 Å². The van der Waals surface area contributed by atoms with E-state index in [-0.39, 0.29) is 11.4 Å². The summed E-state index contributed by atoms with van der Waals surface area (Å²) < 4.78 is 14.3.